The summed E-state index contributed by atoms with van der Waals surface area (Å²) in [5.41, 5.74) is 0. The molecule has 2 heterocycles. The highest BCUT2D eigenvalue weighted by atomic mass is 35.5. The third-order valence-electron chi connectivity index (χ3n) is 2.20. The first-order chi connectivity index (χ1) is 7.49. The number of amides is 1. The molecule has 0 aliphatic carbocycles. The third-order valence-corrected chi connectivity index (χ3v) is 5.27. The molecule has 0 bridgehead atoms. The first-order valence-electron chi connectivity index (χ1n) is 4.52. The van der Waals surface area contributed by atoms with E-state index in [2.05, 4.69) is 5.32 Å². The lowest BCUT2D eigenvalue weighted by molar-refractivity contribution is -0.124. The van der Waals surface area contributed by atoms with Crippen LogP contribution in [0.4, 0.5) is 0 Å². The van der Waals surface area contributed by atoms with Crippen molar-refractivity contribution in [3.05, 3.63) is 16.5 Å². The molecule has 0 aromatic carbocycles. The molecule has 2 N–H and O–H groups in total. The van der Waals surface area contributed by atoms with Gasteiger partial charge in [-0.2, -0.15) is 0 Å². The number of halogens is 1. The quantitative estimate of drug-likeness (QED) is 0.842. The second-order valence-electron chi connectivity index (χ2n) is 3.38. The Morgan fingerprint density at radius 1 is 1.50 bits per heavy atom. The predicted octanol–water partition coefficient (Wildman–Crippen LogP) is 0.426. The second kappa shape index (κ2) is 4.33. The van der Waals surface area contributed by atoms with Crippen LogP contribution in [0.5, 0.6) is 0 Å². The Labute approximate surface area is 102 Å². The lowest BCUT2D eigenvalue weighted by atomic mass is 10.0. The topological polar surface area (TPSA) is 75.3 Å². The summed E-state index contributed by atoms with van der Waals surface area (Å²) in [5.74, 6) is -0.728. The van der Waals surface area contributed by atoms with Crippen molar-refractivity contribution in [2.24, 2.45) is 5.92 Å². The van der Waals surface area contributed by atoms with Gasteiger partial charge in [0.1, 0.15) is 4.21 Å². The van der Waals surface area contributed by atoms with Crippen molar-refractivity contribution in [2.45, 2.75) is 4.21 Å². The largest absolute Gasteiger partial charge is 0.315 e. The molecule has 8 heteroatoms. The molecule has 1 amide bonds. The highest BCUT2D eigenvalue weighted by Crippen LogP contribution is 2.25. The number of sulfonamides is 1. The predicted molar refractivity (Wildman–Crippen MR) is 61.0 cm³/mol. The maximum atomic E-state index is 11.7. The van der Waals surface area contributed by atoms with Gasteiger partial charge in [0.2, 0.25) is 5.91 Å². The molecule has 1 saturated heterocycles. The fourth-order valence-electron chi connectivity index (χ4n) is 1.18. The number of thiophene rings is 1. The summed E-state index contributed by atoms with van der Waals surface area (Å²) in [6, 6.07) is 2.86. The van der Waals surface area contributed by atoms with Gasteiger partial charge in [0.15, 0.2) is 0 Å². The third kappa shape index (κ3) is 2.37. The van der Waals surface area contributed by atoms with E-state index in [9.17, 15) is 13.2 Å². The Hall–Kier alpha value is -0.630. The lowest BCUT2D eigenvalue weighted by Gasteiger charge is -2.25. The molecular formula is C8H9ClN2O3S2. The molecule has 0 radical (unpaired) electrons. The van der Waals surface area contributed by atoms with Gasteiger partial charge in [0, 0.05) is 13.1 Å². The van der Waals surface area contributed by atoms with Gasteiger partial charge in [-0.3, -0.25) is 4.79 Å². The van der Waals surface area contributed by atoms with E-state index in [0.29, 0.717) is 17.4 Å². The summed E-state index contributed by atoms with van der Waals surface area (Å²) in [6.45, 7) is 1.04. The van der Waals surface area contributed by atoms with Crippen LogP contribution in [-0.2, 0) is 14.8 Å². The molecule has 1 aromatic rings. The Bertz CT molecular complexity index is 507. The number of rotatable bonds is 3. The van der Waals surface area contributed by atoms with Gasteiger partial charge in [-0.15, -0.1) is 11.3 Å². The highest BCUT2D eigenvalue weighted by molar-refractivity contribution is 7.92. The molecule has 0 unspecified atom stereocenters. The zero-order valence-corrected chi connectivity index (χ0v) is 10.5. The number of carbonyl (C=O) groups is 1. The molecule has 1 aliphatic rings. The smallest absolute Gasteiger partial charge is 0.273 e. The minimum atomic E-state index is -3.75. The molecule has 16 heavy (non-hydrogen) atoms. The van der Waals surface area contributed by atoms with Crippen molar-refractivity contribution in [2.75, 3.05) is 13.1 Å². The van der Waals surface area contributed by atoms with Crippen LogP contribution in [0.25, 0.3) is 0 Å². The zero-order valence-electron chi connectivity index (χ0n) is 8.07. The van der Waals surface area contributed by atoms with E-state index in [0.717, 1.165) is 11.3 Å². The van der Waals surface area contributed by atoms with Crippen LogP contribution in [0.1, 0.15) is 0 Å². The molecule has 5 nitrogen and oxygen atoms in total. The van der Waals surface area contributed by atoms with E-state index in [-0.39, 0.29) is 10.1 Å². The van der Waals surface area contributed by atoms with E-state index in [1.807, 2.05) is 4.72 Å². The van der Waals surface area contributed by atoms with Gasteiger partial charge in [0.25, 0.3) is 10.0 Å². The van der Waals surface area contributed by atoms with E-state index in [4.69, 9.17) is 11.6 Å². The molecule has 0 spiro atoms. The van der Waals surface area contributed by atoms with Gasteiger partial charge in [0.05, 0.1) is 10.3 Å². The Balaban J connectivity index is 2.10. The van der Waals surface area contributed by atoms with Crippen LogP contribution in [-0.4, -0.2) is 27.4 Å². The maximum Gasteiger partial charge on any atom is 0.273 e. The first-order valence-corrected chi connectivity index (χ1v) is 7.19. The van der Waals surface area contributed by atoms with E-state index >= 15 is 0 Å². The first kappa shape index (κ1) is 11.8. The van der Waals surface area contributed by atoms with Crippen LogP contribution in [0.2, 0.25) is 4.34 Å². The van der Waals surface area contributed by atoms with E-state index in [1.165, 1.54) is 12.1 Å². The standard InChI is InChI=1S/C8H9ClN2O3S2/c9-6-1-2-7(15-6)16(13,14)11-8(12)5-3-10-4-5/h1-2,5,10H,3-4H2,(H,11,12). The number of hydrogen-bond donors (Lipinski definition) is 2. The number of nitrogens with one attached hydrogen (secondary N) is 2. The van der Waals surface area contributed by atoms with E-state index < -0.39 is 15.9 Å². The summed E-state index contributed by atoms with van der Waals surface area (Å²) in [5, 5.41) is 2.90. The normalized spacial score (nSPS) is 16.8. The van der Waals surface area contributed by atoms with Crippen LogP contribution >= 0.6 is 22.9 Å². The van der Waals surface area contributed by atoms with Crippen molar-refractivity contribution in [1.29, 1.82) is 0 Å². The Morgan fingerprint density at radius 2 is 2.19 bits per heavy atom. The average molecular weight is 281 g/mol. The molecular weight excluding hydrogens is 272 g/mol. The highest BCUT2D eigenvalue weighted by Gasteiger charge is 2.29. The molecule has 88 valence electrons. The van der Waals surface area contributed by atoms with Crippen molar-refractivity contribution >= 4 is 38.9 Å². The zero-order chi connectivity index (χ0) is 11.8. The van der Waals surface area contributed by atoms with Crippen LogP contribution in [0.15, 0.2) is 16.3 Å². The fourth-order valence-corrected chi connectivity index (χ4v) is 3.71. The van der Waals surface area contributed by atoms with Gasteiger partial charge in [-0.25, -0.2) is 13.1 Å². The van der Waals surface area contributed by atoms with Crippen molar-refractivity contribution in [1.82, 2.24) is 10.0 Å². The van der Waals surface area contributed by atoms with Gasteiger partial charge < -0.3 is 5.32 Å². The molecule has 0 saturated carbocycles. The number of hydrogen-bond acceptors (Lipinski definition) is 5. The monoisotopic (exact) mass is 280 g/mol. The average Bonchev–Trinajstić information content (AvgIpc) is 2.47. The maximum absolute atomic E-state index is 11.7. The van der Waals surface area contributed by atoms with Gasteiger partial charge in [-0.1, -0.05) is 11.6 Å². The van der Waals surface area contributed by atoms with E-state index in [1.54, 1.807) is 0 Å². The summed E-state index contributed by atoms with van der Waals surface area (Å²) in [6.07, 6.45) is 0. The van der Waals surface area contributed by atoms with Gasteiger partial charge in [-0.05, 0) is 12.1 Å². The minimum absolute atomic E-state index is 0.0538. The van der Waals surface area contributed by atoms with Gasteiger partial charge >= 0.3 is 0 Å². The summed E-state index contributed by atoms with van der Waals surface area (Å²) in [7, 11) is -3.75. The summed E-state index contributed by atoms with van der Waals surface area (Å²) >= 11 is 6.56. The van der Waals surface area contributed by atoms with Crippen molar-refractivity contribution < 1.29 is 13.2 Å². The second-order valence-corrected chi connectivity index (χ2v) is 7.01. The van der Waals surface area contributed by atoms with Crippen LogP contribution in [0, 0.1) is 5.92 Å². The minimum Gasteiger partial charge on any atom is -0.315 e. The molecule has 0 atom stereocenters. The molecule has 1 aliphatic heterocycles. The summed E-state index contributed by atoms with van der Waals surface area (Å²) < 4.78 is 25.9. The molecule has 1 aromatic heterocycles. The Morgan fingerprint density at radius 3 is 2.62 bits per heavy atom. The summed E-state index contributed by atoms with van der Waals surface area (Å²) in [4.78, 5) is 11.5. The van der Waals surface area contributed by atoms with Crippen molar-refractivity contribution in [3.63, 3.8) is 0 Å². The van der Waals surface area contributed by atoms with Crippen LogP contribution < -0.4 is 10.0 Å². The lowest BCUT2D eigenvalue weighted by Crippen LogP contribution is -2.51. The fraction of sp³-hybridized carbons (Fsp3) is 0.375. The SMILES string of the molecule is O=C(NS(=O)(=O)c1ccc(Cl)s1)C1CNC1. The molecule has 2 rings (SSSR count). The Kier molecular flexibility index (Phi) is 3.20. The number of carbonyl (C=O) groups excluding carboxylic acids is 1. The molecule has 1 fully saturated rings. The van der Waals surface area contributed by atoms with Crippen molar-refractivity contribution in [3.8, 4) is 0 Å². The van der Waals surface area contributed by atoms with Crippen LogP contribution in [0.3, 0.4) is 0 Å².